The second kappa shape index (κ2) is 5.81. The fraction of sp³-hybridized carbons (Fsp3) is 0.429. The number of amides is 1. The summed E-state index contributed by atoms with van der Waals surface area (Å²) in [5.41, 5.74) is 4.02. The molecule has 5 nitrogen and oxygen atoms in total. The summed E-state index contributed by atoms with van der Waals surface area (Å²) >= 11 is 6.22. The molecule has 0 radical (unpaired) electrons. The smallest absolute Gasteiger partial charge is 0.254 e. The number of hydrogen-bond donors (Lipinski definition) is 1. The van der Waals surface area contributed by atoms with E-state index < -0.39 is 5.41 Å². The van der Waals surface area contributed by atoms with E-state index in [9.17, 15) is 4.79 Å². The summed E-state index contributed by atoms with van der Waals surface area (Å²) in [5.74, 6) is -0.0219. The molecule has 0 aromatic heterocycles. The summed E-state index contributed by atoms with van der Waals surface area (Å²) in [4.78, 5) is 17.5. The number of carbonyl (C=O) groups excluding carboxylic acids is 1. The molecule has 0 unspecified atom stereocenters. The van der Waals surface area contributed by atoms with E-state index in [2.05, 4.69) is 10.5 Å². The zero-order valence-corrected chi connectivity index (χ0v) is 12.6. The van der Waals surface area contributed by atoms with E-state index in [0.29, 0.717) is 18.2 Å². The molecule has 0 saturated carbocycles. The van der Waals surface area contributed by atoms with Gasteiger partial charge in [-0.1, -0.05) is 17.7 Å². The van der Waals surface area contributed by atoms with Crippen LogP contribution in [-0.4, -0.2) is 23.8 Å². The highest BCUT2D eigenvalue weighted by Crippen LogP contribution is 2.30. The largest absolute Gasteiger partial charge is 0.279 e. The van der Waals surface area contributed by atoms with Gasteiger partial charge in [-0.2, -0.15) is 5.10 Å². The highest BCUT2D eigenvalue weighted by atomic mass is 35.5. The lowest BCUT2D eigenvalue weighted by molar-refractivity contribution is -0.165. The van der Waals surface area contributed by atoms with E-state index in [-0.39, 0.29) is 5.91 Å². The van der Waals surface area contributed by atoms with E-state index in [1.807, 2.05) is 32.9 Å². The molecule has 1 aliphatic heterocycles. The quantitative estimate of drug-likeness (QED) is 0.686. The average molecular weight is 296 g/mol. The van der Waals surface area contributed by atoms with Crippen molar-refractivity contribution in [3.63, 3.8) is 0 Å². The lowest BCUT2D eigenvalue weighted by atomic mass is 9.95. The van der Waals surface area contributed by atoms with Crippen LogP contribution in [0.25, 0.3) is 0 Å². The summed E-state index contributed by atoms with van der Waals surface area (Å²) in [6, 6.07) is 5.49. The maximum absolute atomic E-state index is 12.1. The Kier molecular flexibility index (Phi) is 4.30. The van der Waals surface area contributed by atoms with Crippen molar-refractivity contribution in [2.24, 2.45) is 10.5 Å². The van der Waals surface area contributed by atoms with Crippen molar-refractivity contribution in [3.05, 3.63) is 28.8 Å². The first-order chi connectivity index (χ1) is 9.44. The number of nitrogens with one attached hydrogen (secondary N) is 1. The molecule has 1 N–H and O–H groups in total. The zero-order valence-electron chi connectivity index (χ0n) is 11.8. The van der Waals surface area contributed by atoms with Gasteiger partial charge in [-0.05, 0) is 38.5 Å². The highest BCUT2D eigenvalue weighted by Gasteiger charge is 2.40. The number of hydrazone groups is 1. The molecule has 0 spiro atoms. The SMILES string of the molecule is CC=NNc1ccc(CN2OCC(C)(C)C2=O)c(Cl)c1. The monoisotopic (exact) mass is 295 g/mol. The van der Waals surface area contributed by atoms with Crippen LogP contribution < -0.4 is 5.43 Å². The number of anilines is 1. The molecule has 1 heterocycles. The summed E-state index contributed by atoms with van der Waals surface area (Å²) < 4.78 is 0. The first kappa shape index (κ1) is 14.8. The topological polar surface area (TPSA) is 53.9 Å². The molecule has 1 aromatic carbocycles. The molecule has 20 heavy (non-hydrogen) atoms. The average Bonchev–Trinajstić information content (AvgIpc) is 2.66. The van der Waals surface area contributed by atoms with Gasteiger partial charge in [0.15, 0.2) is 0 Å². The number of hydroxylamine groups is 2. The number of nitrogens with zero attached hydrogens (tertiary/aromatic N) is 2. The van der Waals surface area contributed by atoms with Crippen LogP contribution in [-0.2, 0) is 16.2 Å². The maximum atomic E-state index is 12.1. The van der Waals surface area contributed by atoms with Crippen LogP contribution in [0.2, 0.25) is 5.02 Å². The van der Waals surface area contributed by atoms with Gasteiger partial charge in [0, 0.05) is 11.2 Å². The normalized spacial score (nSPS) is 18.0. The van der Waals surface area contributed by atoms with E-state index in [1.165, 1.54) is 5.06 Å². The van der Waals surface area contributed by atoms with Crippen LogP contribution in [0.3, 0.4) is 0 Å². The molecule has 1 aliphatic rings. The van der Waals surface area contributed by atoms with Gasteiger partial charge in [-0.15, -0.1) is 0 Å². The Morgan fingerprint density at radius 3 is 2.85 bits per heavy atom. The number of benzene rings is 1. The molecule has 0 bridgehead atoms. The molecule has 2 rings (SSSR count). The minimum absolute atomic E-state index is 0.0219. The van der Waals surface area contributed by atoms with Crippen molar-refractivity contribution in [1.82, 2.24) is 5.06 Å². The Hall–Kier alpha value is -1.59. The van der Waals surface area contributed by atoms with Gasteiger partial charge in [-0.25, -0.2) is 5.06 Å². The number of hydrogen-bond acceptors (Lipinski definition) is 4. The van der Waals surface area contributed by atoms with Crippen LogP contribution >= 0.6 is 11.6 Å². The molecule has 0 aliphatic carbocycles. The summed E-state index contributed by atoms with van der Waals surface area (Å²) in [6.07, 6.45) is 1.65. The highest BCUT2D eigenvalue weighted by molar-refractivity contribution is 6.31. The molecule has 1 saturated heterocycles. The first-order valence-electron chi connectivity index (χ1n) is 6.41. The van der Waals surface area contributed by atoms with E-state index in [4.69, 9.17) is 16.4 Å². The Balaban J connectivity index is 2.09. The van der Waals surface area contributed by atoms with Gasteiger partial charge in [0.2, 0.25) is 0 Å². The minimum Gasteiger partial charge on any atom is -0.279 e. The molecule has 1 aromatic rings. The van der Waals surface area contributed by atoms with Gasteiger partial charge in [-0.3, -0.25) is 15.1 Å². The molecular weight excluding hydrogens is 278 g/mol. The fourth-order valence-corrected chi connectivity index (χ4v) is 2.09. The second-order valence-corrected chi connectivity index (χ2v) is 5.71. The van der Waals surface area contributed by atoms with E-state index in [1.54, 1.807) is 12.3 Å². The van der Waals surface area contributed by atoms with Gasteiger partial charge in [0.25, 0.3) is 5.91 Å². The molecule has 108 valence electrons. The van der Waals surface area contributed by atoms with Crippen molar-refractivity contribution in [3.8, 4) is 0 Å². The standard InChI is InChI=1S/C14H18ClN3O2/c1-4-16-17-11-6-5-10(12(15)7-11)8-18-13(19)14(2,3)9-20-18/h4-7,17H,8-9H2,1-3H3. The van der Waals surface area contributed by atoms with Crippen LogP contribution in [0.15, 0.2) is 23.3 Å². The molecule has 1 fully saturated rings. The van der Waals surface area contributed by atoms with Crippen LogP contribution in [0.5, 0.6) is 0 Å². The molecular formula is C14H18ClN3O2. The van der Waals surface area contributed by atoms with Crippen molar-refractivity contribution in [1.29, 1.82) is 0 Å². The van der Waals surface area contributed by atoms with Crippen molar-refractivity contribution >= 4 is 29.4 Å². The Morgan fingerprint density at radius 2 is 2.30 bits per heavy atom. The zero-order chi connectivity index (χ0) is 14.8. The van der Waals surface area contributed by atoms with E-state index >= 15 is 0 Å². The number of rotatable bonds is 4. The van der Waals surface area contributed by atoms with Crippen LogP contribution in [0.4, 0.5) is 5.69 Å². The maximum Gasteiger partial charge on any atom is 0.254 e. The lowest BCUT2D eigenvalue weighted by Crippen LogP contribution is -2.30. The third-order valence-electron chi connectivity index (χ3n) is 3.08. The number of carbonyl (C=O) groups is 1. The Morgan fingerprint density at radius 1 is 1.55 bits per heavy atom. The third kappa shape index (κ3) is 3.11. The second-order valence-electron chi connectivity index (χ2n) is 5.30. The van der Waals surface area contributed by atoms with Gasteiger partial charge in [0.1, 0.15) is 0 Å². The minimum atomic E-state index is -0.468. The van der Waals surface area contributed by atoms with Crippen molar-refractivity contribution < 1.29 is 9.63 Å². The van der Waals surface area contributed by atoms with Crippen molar-refractivity contribution in [2.75, 3.05) is 12.0 Å². The Bertz CT molecular complexity index is 543. The first-order valence-corrected chi connectivity index (χ1v) is 6.79. The molecule has 6 heteroatoms. The third-order valence-corrected chi connectivity index (χ3v) is 3.43. The van der Waals surface area contributed by atoms with Gasteiger partial charge >= 0.3 is 0 Å². The van der Waals surface area contributed by atoms with Crippen LogP contribution in [0.1, 0.15) is 26.3 Å². The fourth-order valence-electron chi connectivity index (χ4n) is 1.85. The summed E-state index contributed by atoms with van der Waals surface area (Å²) in [6.45, 7) is 6.30. The van der Waals surface area contributed by atoms with E-state index in [0.717, 1.165) is 11.3 Å². The van der Waals surface area contributed by atoms with Crippen LogP contribution in [0, 0.1) is 5.41 Å². The molecule has 0 atom stereocenters. The Labute approximate surface area is 123 Å². The van der Waals surface area contributed by atoms with Crippen molar-refractivity contribution in [2.45, 2.75) is 27.3 Å². The predicted octanol–water partition coefficient (Wildman–Crippen LogP) is 3.06. The number of halogens is 1. The predicted molar refractivity (Wildman–Crippen MR) is 79.5 cm³/mol. The van der Waals surface area contributed by atoms with Gasteiger partial charge < -0.3 is 0 Å². The summed E-state index contributed by atoms with van der Waals surface area (Å²) in [5, 5.41) is 5.87. The van der Waals surface area contributed by atoms with Gasteiger partial charge in [0.05, 0.1) is 24.3 Å². The molecule has 1 amide bonds. The summed E-state index contributed by atoms with van der Waals surface area (Å²) in [7, 11) is 0. The lowest BCUT2D eigenvalue weighted by Gasteiger charge is -2.17.